The summed E-state index contributed by atoms with van der Waals surface area (Å²) >= 11 is 8.38. The van der Waals surface area contributed by atoms with E-state index in [0.717, 1.165) is 21.6 Å². The van der Waals surface area contributed by atoms with Gasteiger partial charge in [-0.2, -0.15) is 9.30 Å². The first-order valence-corrected chi connectivity index (χ1v) is 14.1. The third kappa shape index (κ3) is 4.96. The van der Waals surface area contributed by atoms with E-state index in [1.165, 1.54) is 27.3 Å². The summed E-state index contributed by atoms with van der Waals surface area (Å²) < 4.78 is 30.8. The van der Waals surface area contributed by atoms with Crippen molar-refractivity contribution in [2.24, 2.45) is 10.9 Å². The first kappa shape index (κ1) is 24.2. The highest BCUT2D eigenvalue weighted by Gasteiger charge is 2.34. The molecule has 1 aromatic carbocycles. The minimum Gasteiger partial charge on any atom is -0.305 e. The van der Waals surface area contributed by atoms with Crippen molar-refractivity contribution in [3.8, 4) is 12.3 Å². The van der Waals surface area contributed by atoms with Gasteiger partial charge in [-0.3, -0.25) is 4.79 Å². The number of terminal acetylenes is 1. The van der Waals surface area contributed by atoms with Crippen molar-refractivity contribution in [1.29, 1.82) is 0 Å². The molecule has 4 rings (SSSR count). The molecule has 0 spiro atoms. The van der Waals surface area contributed by atoms with Crippen LogP contribution in [-0.4, -0.2) is 36.3 Å². The number of rotatable bonds is 5. The van der Waals surface area contributed by atoms with E-state index in [-0.39, 0.29) is 16.7 Å². The molecule has 1 aliphatic heterocycles. The van der Waals surface area contributed by atoms with Gasteiger partial charge in [-0.15, -0.1) is 17.8 Å². The van der Waals surface area contributed by atoms with Crippen LogP contribution in [-0.2, 0) is 21.4 Å². The number of amides is 1. The molecular formula is C23H24ClN3O3S3. The molecule has 0 aliphatic carbocycles. The van der Waals surface area contributed by atoms with Gasteiger partial charge >= 0.3 is 0 Å². The molecule has 6 nitrogen and oxygen atoms in total. The zero-order valence-corrected chi connectivity index (χ0v) is 21.5. The Morgan fingerprint density at radius 1 is 1.30 bits per heavy atom. The lowest BCUT2D eigenvalue weighted by atomic mass is 9.99. The number of thiophene rings is 1. The van der Waals surface area contributed by atoms with Crippen LogP contribution in [0, 0.1) is 18.3 Å². The summed E-state index contributed by atoms with van der Waals surface area (Å²) in [6.45, 7) is 5.05. The minimum absolute atomic E-state index is 0.109. The van der Waals surface area contributed by atoms with Crippen LogP contribution in [0.1, 0.15) is 38.2 Å². The summed E-state index contributed by atoms with van der Waals surface area (Å²) in [5, 5.41) is 0. The molecule has 10 heteroatoms. The van der Waals surface area contributed by atoms with Gasteiger partial charge in [-0.25, -0.2) is 8.42 Å². The fraction of sp³-hybridized carbons (Fsp3) is 0.391. The van der Waals surface area contributed by atoms with Crippen LogP contribution in [0.4, 0.5) is 0 Å². The smallest absolute Gasteiger partial charge is 0.252 e. The highest BCUT2D eigenvalue weighted by atomic mass is 35.5. The number of thiazole rings is 1. The van der Waals surface area contributed by atoms with Gasteiger partial charge in [-0.05, 0) is 48.6 Å². The van der Waals surface area contributed by atoms with E-state index >= 15 is 0 Å². The molecule has 0 saturated carbocycles. The Bertz CT molecular complexity index is 1410. The lowest BCUT2D eigenvalue weighted by molar-refractivity contribution is -0.122. The van der Waals surface area contributed by atoms with Crippen LogP contribution in [0.3, 0.4) is 0 Å². The highest BCUT2D eigenvalue weighted by Crippen LogP contribution is 2.31. The fourth-order valence-electron chi connectivity index (χ4n) is 3.89. The van der Waals surface area contributed by atoms with Crippen molar-refractivity contribution in [2.75, 3.05) is 13.1 Å². The maximum atomic E-state index is 13.1. The first-order valence-electron chi connectivity index (χ1n) is 10.6. The maximum absolute atomic E-state index is 13.1. The van der Waals surface area contributed by atoms with E-state index in [2.05, 4.69) is 36.9 Å². The summed E-state index contributed by atoms with van der Waals surface area (Å²) in [4.78, 5) is 18.1. The predicted molar refractivity (Wildman–Crippen MR) is 134 cm³/mol. The Morgan fingerprint density at radius 2 is 2.09 bits per heavy atom. The number of carbonyl (C=O) groups is 1. The quantitative estimate of drug-likeness (QED) is 0.457. The predicted octanol–water partition coefficient (Wildman–Crippen LogP) is 4.70. The van der Waals surface area contributed by atoms with Gasteiger partial charge in [0.2, 0.25) is 0 Å². The van der Waals surface area contributed by atoms with Crippen molar-refractivity contribution in [3.63, 3.8) is 0 Å². The summed E-state index contributed by atoms with van der Waals surface area (Å²) in [5.41, 5.74) is 2.15. The normalized spacial score (nSPS) is 18.2. The number of fused-ring (bicyclic) bond motifs is 1. The van der Waals surface area contributed by atoms with Gasteiger partial charge in [0.15, 0.2) is 4.80 Å². The Balaban J connectivity index is 1.64. The standard InChI is InChI=1S/C23H24ClN3O3S3/c1-4-11-27-18-8-7-16(15(2)3)13-19(18)31-23(27)25-22(28)17-6-5-12-26(14-17)33(29,30)21-10-9-20(24)32-21/h1,7-10,13,15,17H,5-6,11-12,14H2,2-3H3. The average Bonchev–Trinajstić information content (AvgIpc) is 3.37. The van der Waals surface area contributed by atoms with Crippen molar-refractivity contribution < 1.29 is 13.2 Å². The number of benzene rings is 1. The molecule has 1 amide bonds. The topological polar surface area (TPSA) is 71.7 Å². The fourth-order valence-corrected chi connectivity index (χ4v) is 8.13. The largest absolute Gasteiger partial charge is 0.305 e. The van der Waals surface area contributed by atoms with E-state index in [4.69, 9.17) is 18.0 Å². The van der Waals surface area contributed by atoms with Crippen LogP contribution >= 0.6 is 34.3 Å². The number of hydrogen-bond acceptors (Lipinski definition) is 5. The monoisotopic (exact) mass is 521 g/mol. The summed E-state index contributed by atoms with van der Waals surface area (Å²) in [6.07, 6.45) is 6.77. The van der Waals surface area contributed by atoms with Crippen LogP contribution < -0.4 is 4.80 Å². The lowest BCUT2D eigenvalue weighted by Crippen LogP contribution is -2.42. The van der Waals surface area contributed by atoms with Crippen LogP contribution in [0.25, 0.3) is 10.2 Å². The summed E-state index contributed by atoms with van der Waals surface area (Å²) in [5.74, 6) is 2.20. The third-order valence-electron chi connectivity index (χ3n) is 5.70. The molecule has 3 aromatic rings. The maximum Gasteiger partial charge on any atom is 0.252 e. The highest BCUT2D eigenvalue weighted by molar-refractivity contribution is 7.91. The van der Waals surface area contributed by atoms with Crippen molar-refractivity contribution in [1.82, 2.24) is 8.87 Å². The average molecular weight is 522 g/mol. The second-order valence-corrected chi connectivity index (χ2v) is 13.2. The number of hydrogen-bond donors (Lipinski definition) is 0. The van der Waals surface area contributed by atoms with Gasteiger partial charge in [0.25, 0.3) is 15.9 Å². The SMILES string of the molecule is C#CCn1c(=NC(=O)C2CCCN(S(=O)(=O)c3ccc(Cl)s3)C2)sc2cc(C(C)C)ccc21. The molecular weight excluding hydrogens is 498 g/mol. The molecule has 1 fully saturated rings. The second kappa shape index (κ2) is 9.72. The van der Waals surface area contributed by atoms with Gasteiger partial charge in [-0.1, -0.05) is 48.8 Å². The number of piperidine rings is 1. The zero-order valence-electron chi connectivity index (χ0n) is 18.3. The molecule has 1 aliphatic rings. The molecule has 174 valence electrons. The van der Waals surface area contributed by atoms with E-state index in [1.54, 1.807) is 6.07 Å². The number of halogens is 1. The Morgan fingerprint density at radius 3 is 2.76 bits per heavy atom. The van der Waals surface area contributed by atoms with Gasteiger partial charge in [0.1, 0.15) is 4.21 Å². The molecule has 1 saturated heterocycles. The molecule has 0 radical (unpaired) electrons. The van der Waals surface area contributed by atoms with E-state index in [1.807, 2.05) is 10.6 Å². The van der Waals surface area contributed by atoms with E-state index in [9.17, 15) is 13.2 Å². The van der Waals surface area contributed by atoms with Gasteiger partial charge in [0.05, 0.1) is 27.0 Å². The molecule has 1 unspecified atom stereocenters. The minimum atomic E-state index is -3.69. The second-order valence-electron chi connectivity index (χ2n) is 8.27. The molecule has 3 heterocycles. The summed E-state index contributed by atoms with van der Waals surface area (Å²) in [7, 11) is -3.69. The van der Waals surface area contributed by atoms with Crippen molar-refractivity contribution in [3.05, 3.63) is 45.0 Å². The number of aromatic nitrogens is 1. The Hall–Kier alpha value is -1.96. The zero-order chi connectivity index (χ0) is 23.8. The van der Waals surface area contributed by atoms with Crippen LogP contribution in [0.2, 0.25) is 4.34 Å². The van der Waals surface area contributed by atoms with Gasteiger partial charge < -0.3 is 4.57 Å². The Labute approximate surface area is 206 Å². The number of carbonyl (C=O) groups excluding carboxylic acids is 1. The van der Waals surface area contributed by atoms with Crippen molar-refractivity contribution >= 4 is 60.4 Å². The molecule has 0 bridgehead atoms. The van der Waals surface area contributed by atoms with E-state index in [0.29, 0.717) is 41.0 Å². The first-order chi connectivity index (χ1) is 15.7. The molecule has 33 heavy (non-hydrogen) atoms. The van der Waals surface area contributed by atoms with E-state index < -0.39 is 15.9 Å². The molecule has 0 N–H and O–H groups in total. The molecule has 2 aromatic heterocycles. The Kier molecular flexibility index (Phi) is 7.12. The van der Waals surface area contributed by atoms with Crippen LogP contribution in [0.5, 0.6) is 0 Å². The summed E-state index contributed by atoms with van der Waals surface area (Å²) in [6, 6.07) is 9.27. The van der Waals surface area contributed by atoms with Gasteiger partial charge in [0, 0.05) is 13.1 Å². The van der Waals surface area contributed by atoms with Crippen LogP contribution in [0.15, 0.2) is 39.5 Å². The number of nitrogens with zero attached hydrogens (tertiary/aromatic N) is 3. The van der Waals surface area contributed by atoms with Crippen molar-refractivity contribution in [2.45, 2.75) is 43.4 Å². The molecule has 1 atom stereocenters. The third-order valence-corrected chi connectivity index (χ3v) is 10.3. The number of sulfonamides is 1. The lowest BCUT2D eigenvalue weighted by Gasteiger charge is -2.29.